The summed E-state index contributed by atoms with van der Waals surface area (Å²) >= 11 is 3.27. The minimum Gasteiger partial charge on any atom is -0.483 e. The molecule has 2 aromatic rings. The van der Waals surface area contributed by atoms with Crippen molar-refractivity contribution in [1.29, 1.82) is 0 Å². The molecule has 1 aromatic heterocycles. The topological polar surface area (TPSA) is 85.5 Å². The number of carboxylic acids is 1. The maximum atomic E-state index is 10.8. The fourth-order valence-corrected chi connectivity index (χ4v) is 1.65. The van der Waals surface area contributed by atoms with Gasteiger partial charge in [0.05, 0.1) is 10.0 Å². The van der Waals surface area contributed by atoms with Crippen LogP contribution in [0.5, 0.6) is 5.75 Å². The van der Waals surface area contributed by atoms with E-state index in [0.717, 1.165) is 0 Å². The van der Waals surface area contributed by atoms with Crippen LogP contribution in [0.2, 0.25) is 0 Å². The van der Waals surface area contributed by atoms with Crippen molar-refractivity contribution in [1.82, 2.24) is 10.1 Å². The van der Waals surface area contributed by atoms with Crippen LogP contribution in [0.15, 0.2) is 27.2 Å². The highest BCUT2D eigenvalue weighted by Gasteiger charge is 2.10. The SMILES string of the molecule is Cc1noc(COc2cc(C(=O)O)ccc2Br)n1. The number of aromatic carboxylic acids is 1. The summed E-state index contributed by atoms with van der Waals surface area (Å²) in [6.07, 6.45) is 0. The number of carbonyl (C=O) groups is 1. The zero-order chi connectivity index (χ0) is 13.1. The lowest BCUT2D eigenvalue weighted by atomic mass is 10.2. The summed E-state index contributed by atoms with van der Waals surface area (Å²) in [5, 5.41) is 12.5. The first-order valence-electron chi connectivity index (χ1n) is 5.01. The van der Waals surface area contributed by atoms with E-state index in [0.29, 0.717) is 21.9 Å². The van der Waals surface area contributed by atoms with Gasteiger partial charge in [-0.1, -0.05) is 5.16 Å². The molecule has 7 heteroatoms. The second-order valence-electron chi connectivity index (χ2n) is 3.47. The predicted molar refractivity (Wildman–Crippen MR) is 64.5 cm³/mol. The molecule has 0 aliphatic rings. The van der Waals surface area contributed by atoms with E-state index in [4.69, 9.17) is 14.4 Å². The highest BCUT2D eigenvalue weighted by Crippen LogP contribution is 2.26. The Balaban J connectivity index is 2.13. The Morgan fingerprint density at radius 2 is 2.33 bits per heavy atom. The van der Waals surface area contributed by atoms with Gasteiger partial charge in [-0.2, -0.15) is 4.98 Å². The molecule has 6 nitrogen and oxygen atoms in total. The number of benzene rings is 1. The Morgan fingerprint density at radius 1 is 1.56 bits per heavy atom. The van der Waals surface area contributed by atoms with E-state index < -0.39 is 5.97 Å². The van der Waals surface area contributed by atoms with Crippen LogP contribution in [0.4, 0.5) is 0 Å². The maximum absolute atomic E-state index is 10.8. The number of nitrogens with zero attached hydrogens (tertiary/aromatic N) is 2. The monoisotopic (exact) mass is 312 g/mol. The second kappa shape index (κ2) is 5.18. The van der Waals surface area contributed by atoms with E-state index in [1.165, 1.54) is 12.1 Å². The average molecular weight is 313 g/mol. The molecule has 1 aromatic carbocycles. The molecule has 0 amide bonds. The molecule has 0 fully saturated rings. The largest absolute Gasteiger partial charge is 0.483 e. The van der Waals surface area contributed by atoms with Gasteiger partial charge in [-0.25, -0.2) is 4.79 Å². The van der Waals surface area contributed by atoms with E-state index in [9.17, 15) is 4.79 Å². The standard InChI is InChI=1S/C11H9BrN2O4/c1-6-13-10(18-14-6)5-17-9-4-7(11(15)16)2-3-8(9)12/h2-4H,5H2,1H3,(H,15,16). The van der Waals surface area contributed by atoms with Crippen LogP contribution in [-0.2, 0) is 6.61 Å². The highest BCUT2D eigenvalue weighted by molar-refractivity contribution is 9.10. The van der Waals surface area contributed by atoms with Gasteiger partial charge in [-0.05, 0) is 41.1 Å². The van der Waals surface area contributed by atoms with Gasteiger partial charge in [-0.15, -0.1) is 0 Å². The highest BCUT2D eigenvalue weighted by atomic mass is 79.9. The Bertz CT molecular complexity index is 582. The van der Waals surface area contributed by atoms with Crippen molar-refractivity contribution in [2.45, 2.75) is 13.5 Å². The minimum atomic E-state index is -1.01. The maximum Gasteiger partial charge on any atom is 0.335 e. The van der Waals surface area contributed by atoms with Gasteiger partial charge >= 0.3 is 5.97 Å². The predicted octanol–water partition coefficient (Wildman–Crippen LogP) is 2.42. The van der Waals surface area contributed by atoms with Crippen LogP contribution >= 0.6 is 15.9 Å². The number of hydrogen-bond acceptors (Lipinski definition) is 5. The number of halogens is 1. The normalized spacial score (nSPS) is 10.3. The van der Waals surface area contributed by atoms with Crippen LogP contribution in [0.3, 0.4) is 0 Å². The Labute approximate surface area is 111 Å². The first kappa shape index (κ1) is 12.6. The molecule has 94 valence electrons. The Hall–Kier alpha value is -1.89. The van der Waals surface area contributed by atoms with Crippen molar-refractivity contribution < 1.29 is 19.2 Å². The van der Waals surface area contributed by atoms with Crippen molar-refractivity contribution in [3.8, 4) is 5.75 Å². The Kier molecular flexibility index (Phi) is 3.61. The van der Waals surface area contributed by atoms with E-state index in [1.807, 2.05) is 0 Å². The molecule has 0 saturated carbocycles. The molecule has 1 heterocycles. The number of rotatable bonds is 4. The smallest absolute Gasteiger partial charge is 0.335 e. The van der Waals surface area contributed by atoms with Gasteiger partial charge in [0, 0.05) is 0 Å². The van der Waals surface area contributed by atoms with E-state index >= 15 is 0 Å². The van der Waals surface area contributed by atoms with Crippen molar-refractivity contribution in [3.05, 3.63) is 40.0 Å². The van der Waals surface area contributed by atoms with Gasteiger partial charge in [0.2, 0.25) is 0 Å². The van der Waals surface area contributed by atoms with Crippen LogP contribution in [0, 0.1) is 6.92 Å². The molecule has 0 saturated heterocycles. The molecule has 0 aliphatic carbocycles. The van der Waals surface area contributed by atoms with Crippen LogP contribution in [-0.4, -0.2) is 21.2 Å². The molecule has 0 aliphatic heterocycles. The molecule has 18 heavy (non-hydrogen) atoms. The molecular weight excluding hydrogens is 304 g/mol. The van der Waals surface area contributed by atoms with Crippen molar-refractivity contribution in [2.75, 3.05) is 0 Å². The van der Waals surface area contributed by atoms with E-state index in [-0.39, 0.29) is 12.2 Å². The molecule has 1 N–H and O–H groups in total. The number of carboxylic acid groups (broad SMARTS) is 1. The van der Waals surface area contributed by atoms with Crippen LogP contribution < -0.4 is 4.74 Å². The molecule has 0 atom stereocenters. The minimum absolute atomic E-state index is 0.0858. The lowest BCUT2D eigenvalue weighted by Gasteiger charge is -2.06. The molecule has 0 spiro atoms. The first-order chi connectivity index (χ1) is 8.56. The van der Waals surface area contributed by atoms with Crippen LogP contribution in [0.25, 0.3) is 0 Å². The van der Waals surface area contributed by atoms with Gasteiger partial charge < -0.3 is 14.4 Å². The lowest BCUT2D eigenvalue weighted by molar-refractivity contribution is 0.0696. The number of ether oxygens (including phenoxy) is 1. The van der Waals surface area contributed by atoms with Gasteiger partial charge in [0.15, 0.2) is 12.4 Å². The number of hydrogen-bond donors (Lipinski definition) is 1. The fraction of sp³-hybridized carbons (Fsp3) is 0.182. The quantitative estimate of drug-likeness (QED) is 0.933. The fourth-order valence-electron chi connectivity index (χ4n) is 1.29. The summed E-state index contributed by atoms with van der Waals surface area (Å²) in [5.41, 5.74) is 0.148. The summed E-state index contributed by atoms with van der Waals surface area (Å²) in [6.45, 7) is 1.79. The van der Waals surface area contributed by atoms with Gasteiger partial charge in [0.25, 0.3) is 5.89 Å². The Morgan fingerprint density at radius 3 is 2.94 bits per heavy atom. The summed E-state index contributed by atoms with van der Waals surface area (Å²) in [7, 11) is 0. The third-order valence-corrected chi connectivity index (χ3v) is 2.75. The van der Waals surface area contributed by atoms with E-state index in [2.05, 4.69) is 26.1 Å². The molecular formula is C11H9BrN2O4. The summed E-state index contributed by atoms with van der Waals surface area (Å²) in [4.78, 5) is 14.8. The molecule has 0 unspecified atom stereocenters. The zero-order valence-electron chi connectivity index (χ0n) is 9.38. The number of aryl methyl sites for hydroxylation is 1. The first-order valence-corrected chi connectivity index (χ1v) is 5.80. The third-order valence-electron chi connectivity index (χ3n) is 2.10. The van der Waals surface area contributed by atoms with Gasteiger partial charge in [-0.3, -0.25) is 0 Å². The second-order valence-corrected chi connectivity index (χ2v) is 4.33. The van der Waals surface area contributed by atoms with Gasteiger partial charge in [0.1, 0.15) is 5.75 Å². The molecule has 2 rings (SSSR count). The molecule has 0 bridgehead atoms. The summed E-state index contributed by atoms with van der Waals surface area (Å²) < 4.78 is 11.0. The third kappa shape index (κ3) is 2.86. The average Bonchev–Trinajstić information content (AvgIpc) is 2.74. The van der Waals surface area contributed by atoms with E-state index in [1.54, 1.807) is 13.0 Å². The van der Waals surface area contributed by atoms with Crippen molar-refractivity contribution in [3.63, 3.8) is 0 Å². The summed E-state index contributed by atoms with van der Waals surface area (Å²) in [5.74, 6) is 0.249. The number of aromatic nitrogens is 2. The summed E-state index contributed by atoms with van der Waals surface area (Å²) in [6, 6.07) is 4.52. The van der Waals surface area contributed by atoms with Crippen molar-refractivity contribution in [2.24, 2.45) is 0 Å². The van der Waals surface area contributed by atoms with Crippen molar-refractivity contribution >= 4 is 21.9 Å². The van der Waals surface area contributed by atoms with Crippen LogP contribution in [0.1, 0.15) is 22.1 Å². The molecule has 0 radical (unpaired) electrons. The lowest BCUT2D eigenvalue weighted by Crippen LogP contribution is -2.00. The zero-order valence-corrected chi connectivity index (χ0v) is 11.0.